The Morgan fingerprint density at radius 3 is 2.78 bits per heavy atom. The van der Waals surface area contributed by atoms with Gasteiger partial charge in [-0.1, -0.05) is 24.1 Å². The van der Waals surface area contributed by atoms with Crippen molar-refractivity contribution in [1.29, 1.82) is 0 Å². The van der Waals surface area contributed by atoms with E-state index in [1.54, 1.807) is 12.1 Å². The highest BCUT2D eigenvalue weighted by Crippen LogP contribution is 2.26. The fourth-order valence-electron chi connectivity index (χ4n) is 2.47. The molecule has 0 heterocycles. The van der Waals surface area contributed by atoms with E-state index in [0.29, 0.717) is 12.0 Å². The number of aryl methyl sites for hydroxylation is 1. The normalized spacial score (nSPS) is 22.7. The van der Waals surface area contributed by atoms with E-state index < -0.39 is 11.9 Å². The lowest BCUT2D eigenvalue weighted by atomic mass is 10.0. The Kier molecular flexibility index (Phi) is 3.65. The number of benzene rings is 1. The van der Waals surface area contributed by atoms with E-state index in [2.05, 4.69) is 5.32 Å². The zero-order chi connectivity index (χ0) is 13.1. The third kappa shape index (κ3) is 2.70. The van der Waals surface area contributed by atoms with Crippen molar-refractivity contribution >= 4 is 11.9 Å². The van der Waals surface area contributed by atoms with Crippen LogP contribution in [-0.2, 0) is 4.79 Å². The number of amides is 1. The lowest BCUT2D eigenvalue weighted by molar-refractivity contribution is -0.142. The van der Waals surface area contributed by atoms with Gasteiger partial charge in [-0.2, -0.15) is 0 Å². The number of carbonyl (C=O) groups excluding carboxylic acids is 1. The van der Waals surface area contributed by atoms with Gasteiger partial charge in [-0.15, -0.1) is 0 Å². The second-order valence-electron chi connectivity index (χ2n) is 4.83. The van der Waals surface area contributed by atoms with Crippen molar-refractivity contribution in [3.05, 3.63) is 35.4 Å². The van der Waals surface area contributed by atoms with Crippen LogP contribution in [0.3, 0.4) is 0 Å². The first-order valence-electron chi connectivity index (χ1n) is 6.18. The molecule has 1 aromatic rings. The second kappa shape index (κ2) is 5.21. The summed E-state index contributed by atoms with van der Waals surface area (Å²) in [4.78, 5) is 23.0. The van der Waals surface area contributed by atoms with E-state index in [1.807, 2.05) is 19.1 Å². The third-order valence-electron chi connectivity index (χ3n) is 3.43. The van der Waals surface area contributed by atoms with Crippen LogP contribution >= 0.6 is 0 Å². The predicted molar refractivity (Wildman–Crippen MR) is 67.4 cm³/mol. The first-order valence-corrected chi connectivity index (χ1v) is 6.18. The maximum Gasteiger partial charge on any atom is 0.308 e. The molecule has 0 unspecified atom stereocenters. The van der Waals surface area contributed by atoms with E-state index in [-0.39, 0.29) is 11.9 Å². The fourth-order valence-corrected chi connectivity index (χ4v) is 2.47. The molecule has 2 atom stereocenters. The van der Waals surface area contributed by atoms with Crippen LogP contribution in [-0.4, -0.2) is 23.0 Å². The molecule has 2 rings (SSSR count). The topological polar surface area (TPSA) is 66.4 Å². The van der Waals surface area contributed by atoms with Crippen molar-refractivity contribution in [2.45, 2.75) is 32.2 Å². The molecule has 0 aliphatic heterocycles. The molecule has 0 bridgehead atoms. The van der Waals surface area contributed by atoms with Gasteiger partial charge in [0.1, 0.15) is 0 Å². The molecule has 18 heavy (non-hydrogen) atoms. The molecule has 4 heteroatoms. The average Bonchev–Trinajstić information content (AvgIpc) is 2.77. The molecule has 1 saturated carbocycles. The smallest absolute Gasteiger partial charge is 0.308 e. The van der Waals surface area contributed by atoms with E-state index >= 15 is 0 Å². The highest BCUT2D eigenvalue weighted by molar-refractivity contribution is 5.94. The monoisotopic (exact) mass is 247 g/mol. The molecule has 1 aromatic carbocycles. The van der Waals surface area contributed by atoms with E-state index in [9.17, 15) is 9.59 Å². The highest BCUT2D eigenvalue weighted by Gasteiger charge is 2.33. The number of rotatable bonds is 3. The van der Waals surface area contributed by atoms with Gasteiger partial charge in [0, 0.05) is 11.6 Å². The van der Waals surface area contributed by atoms with Crippen molar-refractivity contribution in [2.75, 3.05) is 0 Å². The summed E-state index contributed by atoms with van der Waals surface area (Å²) >= 11 is 0. The van der Waals surface area contributed by atoms with Crippen molar-refractivity contribution in [2.24, 2.45) is 5.92 Å². The van der Waals surface area contributed by atoms with Crippen molar-refractivity contribution < 1.29 is 14.7 Å². The van der Waals surface area contributed by atoms with Gasteiger partial charge in [0.25, 0.3) is 5.91 Å². The van der Waals surface area contributed by atoms with Crippen LogP contribution < -0.4 is 5.32 Å². The lowest BCUT2D eigenvalue weighted by Crippen LogP contribution is -2.40. The summed E-state index contributed by atoms with van der Waals surface area (Å²) in [5.74, 6) is -1.45. The van der Waals surface area contributed by atoms with Crippen LogP contribution in [0, 0.1) is 12.8 Å². The van der Waals surface area contributed by atoms with Gasteiger partial charge in [-0.3, -0.25) is 9.59 Å². The van der Waals surface area contributed by atoms with E-state index in [0.717, 1.165) is 18.4 Å². The molecule has 1 fully saturated rings. The summed E-state index contributed by atoms with van der Waals surface area (Å²) in [6, 6.07) is 7.06. The number of hydrogen-bond acceptors (Lipinski definition) is 2. The lowest BCUT2D eigenvalue weighted by Gasteiger charge is -2.17. The maximum absolute atomic E-state index is 12.0. The van der Waals surface area contributed by atoms with Crippen molar-refractivity contribution in [3.63, 3.8) is 0 Å². The van der Waals surface area contributed by atoms with Gasteiger partial charge in [-0.25, -0.2) is 0 Å². The van der Waals surface area contributed by atoms with Crippen LogP contribution in [0.15, 0.2) is 24.3 Å². The van der Waals surface area contributed by atoms with E-state index in [4.69, 9.17) is 5.11 Å². The number of nitrogens with one attached hydrogen (secondary N) is 1. The van der Waals surface area contributed by atoms with Crippen LogP contribution in [0.4, 0.5) is 0 Å². The average molecular weight is 247 g/mol. The van der Waals surface area contributed by atoms with Gasteiger partial charge in [0.05, 0.1) is 5.92 Å². The summed E-state index contributed by atoms with van der Waals surface area (Å²) in [6.07, 6.45) is 2.25. The Morgan fingerprint density at radius 1 is 1.33 bits per heavy atom. The van der Waals surface area contributed by atoms with Gasteiger partial charge >= 0.3 is 5.97 Å². The Labute approximate surface area is 106 Å². The second-order valence-corrected chi connectivity index (χ2v) is 4.83. The van der Waals surface area contributed by atoms with E-state index in [1.165, 1.54) is 0 Å². The Balaban J connectivity index is 2.05. The van der Waals surface area contributed by atoms with Gasteiger partial charge in [0.2, 0.25) is 0 Å². The summed E-state index contributed by atoms with van der Waals surface area (Å²) in [7, 11) is 0. The predicted octanol–water partition coefficient (Wildman–Crippen LogP) is 1.98. The molecular weight excluding hydrogens is 230 g/mol. The first kappa shape index (κ1) is 12.6. The Bertz CT molecular complexity index is 470. The molecule has 0 aromatic heterocycles. The molecule has 1 aliphatic carbocycles. The molecule has 0 saturated heterocycles. The fraction of sp³-hybridized carbons (Fsp3) is 0.429. The number of carboxylic acid groups (broad SMARTS) is 1. The number of carbonyl (C=O) groups is 2. The Hall–Kier alpha value is -1.84. The van der Waals surface area contributed by atoms with Gasteiger partial charge < -0.3 is 10.4 Å². The molecule has 1 aliphatic rings. The number of hydrogen-bond donors (Lipinski definition) is 2. The highest BCUT2D eigenvalue weighted by atomic mass is 16.4. The van der Waals surface area contributed by atoms with Crippen molar-refractivity contribution in [3.8, 4) is 0 Å². The first-order chi connectivity index (χ1) is 8.58. The van der Waals surface area contributed by atoms with Crippen LogP contribution in [0.5, 0.6) is 0 Å². The minimum absolute atomic E-state index is 0.183. The summed E-state index contributed by atoms with van der Waals surface area (Å²) < 4.78 is 0. The number of carboxylic acids is 1. The molecule has 2 N–H and O–H groups in total. The molecule has 96 valence electrons. The zero-order valence-corrected chi connectivity index (χ0v) is 10.3. The quantitative estimate of drug-likeness (QED) is 0.858. The molecule has 0 radical (unpaired) electrons. The van der Waals surface area contributed by atoms with Crippen LogP contribution in [0.2, 0.25) is 0 Å². The van der Waals surface area contributed by atoms with Crippen LogP contribution in [0.25, 0.3) is 0 Å². The SMILES string of the molecule is Cc1cccc(C(=O)N[C@@H]2CCC[C@@H]2C(=O)O)c1. The third-order valence-corrected chi connectivity index (χ3v) is 3.43. The molecule has 0 spiro atoms. The van der Waals surface area contributed by atoms with Crippen LogP contribution in [0.1, 0.15) is 35.2 Å². The molecule has 1 amide bonds. The van der Waals surface area contributed by atoms with Gasteiger partial charge in [0.15, 0.2) is 0 Å². The van der Waals surface area contributed by atoms with Crippen molar-refractivity contribution in [1.82, 2.24) is 5.32 Å². The maximum atomic E-state index is 12.0. The summed E-state index contributed by atoms with van der Waals surface area (Å²) in [5.41, 5.74) is 1.61. The minimum atomic E-state index is -0.818. The van der Waals surface area contributed by atoms with Gasteiger partial charge in [-0.05, 0) is 31.9 Å². The molecular formula is C14H17NO3. The zero-order valence-electron chi connectivity index (χ0n) is 10.3. The standard InChI is InChI=1S/C14H17NO3/c1-9-4-2-5-10(8-9)13(16)15-12-7-3-6-11(12)14(17)18/h2,4-5,8,11-12H,3,6-7H2,1H3,(H,15,16)(H,17,18)/t11-,12+/m0/s1. The number of aliphatic carboxylic acids is 1. The summed E-state index contributed by atoms with van der Waals surface area (Å²) in [6.45, 7) is 1.92. The minimum Gasteiger partial charge on any atom is -0.481 e. The largest absolute Gasteiger partial charge is 0.481 e. The summed E-state index contributed by atoms with van der Waals surface area (Å²) in [5, 5.41) is 11.9. The Morgan fingerprint density at radius 2 is 2.11 bits per heavy atom. The molecule has 4 nitrogen and oxygen atoms in total.